The quantitative estimate of drug-likeness (QED) is 0.598. The van der Waals surface area contributed by atoms with Crippen molar-refractivity contribution >= 4 is 24.5 Å². The monoisotopic (exact) mass is 164 g/mol. The third-order valence-electron chi connectivity index (χ3n) is 1.22. The molecule has 3 N–H and O–H groups in total. The molecule has 0 saturated carbocycles. The molecule has 0 aliphatic carbocycles. The Kier molecular flexibility index (Phi) is 7.95. The summed E-state index contributed by atoms with van der Waals surface area (Å²) >= 11 is 0. The number of nitrogens with one attached hydrogen (secondary N) is 1. The molecule has 0 rings (SSSR count). The van der Waals surface area contributed by atoms with Gasteiger partial charge in [0.25, 0.3) is 0 Å². The first kappa shape index (κ1) is 12.1. The van der Waals surface area contributed by atoms with E-state index in [1.165, 1.54) is 6.21 Å². The molecular weight excluding hydrogens is 152 g/mol. The van der Waals surface area contributed by atoms with Gasteiger partial charge >= 0.3 is 0 Å². The minimum absolute atomic E-state index is 0. The molecule has 4 heteroatoms. The molecule has 0 spiro atoms. The van der Waals surface area contributed by atoms with Crippen LogP contribution >= 0.6 is 12.4 Å². The third kappa shape index (κ3) is 5.56. The molecule has 0 aromatic heterocycles. The first-order valence-electron chi connectivity index (χ1n) is 2.99. The Labute approximate surface area is 66.9 Å². The van der Waals surface area contributed by atoms with Gasteiger partial charge in [0.2, 0.25) is 5.91 Å². The summed E-state index contributed by atoms with van der Waals surface area (Å²) in [7, 11) is 0. The van der Waals surface area contributed by atoms with Crippen LogP contribution in [-0.4, -0.2) is 12.1 Å². The molecular formula is C6H13ClN2O. The van der Waals surface area contributed by atoms with Gasteiger partial charge in [-0.2, -0.15) is 0 Å². The van der Waals surface area contributed by atoms with Crippen LogP contribution in [0.25, 0.3) is 0 Å². The fourth-order valence-corrected chi connectivity index (χ4v) is 0.580. The van der Waals surface area contributed by atoms with Crippen LogP contribution in [0, 0.1) is 11.3 Å². The van der Waals surface area contributed by atoms with Crippen molar-refractivity contribution in [2.24, 2.45) is 11.7 Å². The van der Waals surface area contributed by atoms with E-state index in [1.807, 2.05) is 6.92 Å². The first-order valence-corrected chi connectivity index (χ1v) is 2.99. The molecule has 60 valence electrons. The number of primary amides is 1. The van der Waals surface area contributed by atoms with E-state index < -0.39 is 0 Å². The largest absolute Gasteiger partial charge is 0.370 e. The van der Waals surface area contributed by atoms with Crippen molar-refractivity contribution in [3.05, 3.63) is 0 Å². The lowest BCUT2D eigenvalue weighted by molar-refractivity contribution is -0.118. The molecule has 0 saturated heterocycles. The highest BCUT2D eigenvalue weighted by molar-refractivity contribution is 5.85. The zero-order valence-electron chi connectivity index (χ0n) is 5.96. The second-order valence-corrected chi connectivity index (χ2v) is 2.01. The van der Waals surface area contributed by atoms with Crippen LogP contribution in [0.4, 0.5) is 0 Å². The summed E-state index contributed by atoms with van der Waals surface area (Å²) < 4.78 is 0. The molecule has 1 amide bonds. The number of carbonyl (C=O) groups is 1. The Morgan fingerprint density at radius 3 is 2.40 bits per heavy atom. The fraction of sp³-hybridized carbons (Fsp3) is 0.667. The topological polar surface area (TPSA) is 66.9 Å². The second kappa shape index (κ2) is 6.55. The number of nitrogens with two attached hydrogens (primary N) is 1. The number of carbonyl (C=O) groups excluding carboxylic acids is 1. The lowest BCUT2D eigenvalue weighted by atomic mass is 10.0. The predicted molar refractivity (Wildman–Crippen MR) is 43.6 cm³/mol. The van der Waals surface area contributed by atoms with E-state index in [1.54, 1.807) is 0 Å². The smallest absolute Gasteiger partial charge is 0.218 e. The van der Waals surface area contributed by atoms with Crippen LogP contribution in [0.1, 0.15) is 19.8 Å². The van der Waals surface area contributed by atoms with Crippen LogP contribution in [0.15, 0.2) is 0 Å². The van der Waals surface area contributed by atoms with Gasteiger partial charge in [0.15, 0.2) is 0 Å². The van der Waals surface area contributed by atoms with Gasteiger partial charge in [-0.3, -0.25) is 4.79 Å². The zero-order valence-corrected chi connectivity index (χ0v) is 6.78. The average Bonchev–Trinajstić information content (AvgIpc) is 1.82. The molecule has 0 aromatic carbocycles. The van der Waals surface area contributed by atoms with Gasteiger partial charge in [-0.1, -0.05) is 6.92 Å². The van der Waals surface area contributed by atoms with Gasteiger partial charge in [0.1, 0.15) is 0 Å². The Bertz CT molecular complexity index is 116. The summed E-state index contributed by atoms with van der Waals surface area (Å²) in [6.07, 6.45) is 2.39. The van der Waals surface area contributed by atoms with E-state index in [0.29, 0.717) is 6.42 Å². The van der Waals surface area contributed by atoms with Crippen LogP contribution in [0.2, 0.25) is 0 Å². The standard InChI is InChI=1S/C6H12N2O.ClH/c1-2-5(4-7)3-6(8)9;/h4-5,7H,2-3H2,1H3,(H2,8,9);1H/t5-;/m0./s1. The van der Waals surface area contributed by atoms with Crippen LogP contribution in [0.3, 0.4) is 0 Å². The number of amides is 1. The molecule has 1 atom stereocenters. The number of hydrogen-bond acceptors (Lipinski definition) is 2. The molecule has 0 aliphatic rings. The third-order valence-corrected chi connectivity index (χ3v) is 1.22. The second-order valence-electron chi connectivity index (χ2n) is 2.01. The Balaban J connectivity index is 0. The highest BCUT2D eigenvalue weighted by Gasteiger charge is 2.04. The van der Waals surface area contributed by atoms with Crippen molar-refractivity contribution in [3.8, 4) is 0 Å². The van der Waals surface area contributed by atoms with Gasteiger partial charge in [0.05, 0.1) is 0 Å². The normalized spacial score (nSPS) is 11.3. The van der Waals surface area contributed by atoms with Gasteiger partial charge in [-0.15, -0.1) is 12.4 Å². The number of halogens is 1. The molecule has 10 heavy (non-hydrogen) atoms. The van der Waals surface area contributed by atoms with Crippen molar-refractivity contribution < 1.29 is 4.79 Å². The number of hydrogen-bond donors (Lipinski definition) is 2. The van der Waals surface area contributed by atoms with Crippen molar-refractivity contribution in [1.82, 2.24) is 0 Å². The minimum Gasteiger partial charge on any atom is -0.370 e. The van der Waals surface area contributed by atoms with Crippen LogP contribution in [-0.2, 0) is 4.79 Å². The molecule has 0 heterocycles. The molecule has 0 aromatic rings. The van der Waals surface area contributed by atoms with Crippen molar-refractivity contribution in [3.63, 3.8) is 0 Å². The van der Waals surface area contributed by atoms with Crippen LogP contribution < -0.4 is 5.73 Å². The van der Waals surface area contributed by atoms with Crippen molar-refractivity contribution in [2.75, 3.05) is 0 Å². The Hall–Kier alpha value is -0.570. The highest BCUT2D eigenvalue weighted by atomic mass is 35.5. The zero-order chi connectivity index (χ0) is 7.28. The van der Waals surface area contributed by atoms with Crippen molar-refractivity contribution in [1.29, 1.82) is 5.41 Å². The van der Waals surface area contributed by atoms with E-state index in [4.69, 9.17) is 11.1 Å². The molecule has 0 unspecified atom stereocenters. The molecule has 3 nitrogen and oxygen atoms in total. The van der Waals surface area contributed by atoms with E-state index in [0.717, 1.165) is 6.42 Å². The van der Waals surface area contributed by atoms with Gasteiger partial charge in [0, 0.05) is 12.3 Å². The maximum atomic E-state index is 10.2. The Morgan fingerprint density at radius 1 is 1.80 bits per heavy atom. The lowest BCUT2D eigenvalue weighted by Gasteiger charge is -2.02. The van der Waals surface area contributed by atoms with E-state index in [9.17, 15) is 4.79 Å². The van der Waals surface area contributed by atoms with Gasteiger partial charge in [-0.05, 0) is 12.6 Å². The summed E-state index contributed by atoms with van der Waals surface area (Å²) in [6, 6.07) is 0. The summed E-state index contributed by atoms with van der Waals surface area (Å²) in [6.45, 7) is 1.93. The highest BCUT2D eigenvalue weighted by Crippen LogP contribution is 2.02. The Morgan fingerprint density at radius 2 is 2.30 bits per heavy atom. The molecule has 0 aliphatic heterocycles. The molecule has 0 radical (unpaired) electrons. The predicted octanol–water partition coefficient (Wildman–Crippen LogP) is 0.959. The minimum atomic E-state index is -0.328. The summed E-state index contributed by atoms with van der Waals surface area (Å²) in [4.78, 5) is 10.2. The maximum absolute atomic E-state index is 10.2. The number of rotatable bonds is 4. The molecule has 0 fully saturated rings. The lowest BCUT2D eigenvalue weighted by Crippen LogP contribution is -2.16. The first-order chi connectivity index (χ1) is 4.20. The van der Waals surface area contributed by atoms with E-state index in [-0.39, 0.29) is 24.2 Å². The van der Waals surface area contributed by atoms with Crippen LogP contribution in [0.5, 0.6) is 0 Å². The average molecular weight is 165 g/mol. The van der Waals surface area contributed by atoms with E-state index >= 15 is 0 Å². The summed E-state index contributed by atoms with van der Waals surface area (Å²) in [5, 5.41) is 6.82. The SMILES string of the molecule is CC[C@H](C=N)CC(N)=O.Cl. The van der Waals surface area contributed by atoms with E-state index in [2.05, 4.69) is 0 Å². The van der Waals surface area contributed by atoms with Gasteiger partial charge in [-0.25, -0.2) is 0 Å². The maximum Gasteiger partial charge on any atom is 0.218 e. The summed E-state index contributed by atoms with van der Waals surface area (Å²) in [5.41, 5.74) is 4.90. The fourth-order valence-electron chi connectivity index (χ4n) is 0.580. The van der Waals surface area contributed by atoms with Gasteiger partial charge < -0.3 is 11.1 Å². The summed E-state index contributed by atoms with van der Waals surface area (Å²) in [5.74, 6) is -0.284. The van der Waals surface area contributed by atoms with Crippen molar-refractivity contribution in [2.45, 2.75) is 19.8 Å². The molecule has 0 bridgehead atoms.